The van der Waals surface area contributed by atoms with Crippen LogP contribution in [0.3, 0.4) is 0 Å². The summed E-state index contributed by atoms with van der Waals surface area (Å²) in [6.07, 6.45) is 0. The zero-order chi connectivity index (χ0) is 10.1. The molecule has 0 aliphatic rings. The first-order valence-corrected chi connectivity index (χ1v) is 4.53. The third kappa shape index (κ3) is 2.46. The third-order valence-electron chi connectivity index (χ3n) is 2.31. The van der Waals surface area contributed by atoms with E-state index in [4.69, 9.17) is 0 Å². The molecule has 0 spiro atoms. The molecule has 0 N–H and O–H groups in total. The van der Waals surface area contributed by atoms with Gasteiger partial charge in [0.25, 0.3) is 0 Å². The van der Waals surface area contributed by atoms with Crippen LogP contribution in [0, 0.1) is 6.92 Å². The second-order valence-corrected chi connectivity index (χ2v) is 4.30. The molecule has 2 heteroatoms. The molecule has 72 valence electrons. The van der Waals surface area contributed by atoms with Crippen LogP contribution in [0.4, 0.5) is 5.69 Å². The summed E-state index contributed by atoms with van der Waals surface area (Å²) in [6.45, 7) is 2.11. The summed E-state index contributed by atoms with van der Waals surface area (Å²) in [5.41, 5.74) is 2.55. The Morgan fingerprint density at radius 1 is 1.00 bits per heavy atom. The summed E-state index contributed by atoms with van der Waals surface area (Å²) in [6, 6.07) is 8.58. The Balaban J connectivity index is 2.90. The summed E-state index contributed by atoms with van der Waals surface area (Å²) in [5.74, 6) is 0. The fourth-order valence-electron chi connectivity index (χ4n) is 1.11. The zero-order valence-electron chi connectivity index (χ0n) is 9.20. The van der Waals surface area contributed by atoms with E-state index in [0.29, 0.717) is 0 Å². The molecule has 0 bridgehead atoms. The van der Waals surface area contributed by atoms with Crippen molar-refractivity contribution in [3.05, 3.63) is 29.8 Å². The Hall–Kier alpha value is -1.02. The van der Waals surface area contributed by atoms with Crippen molar-refractivity contribution >= 4 is 5.69 Å². The number of benzene rings is 1. The lowest BCUT2D eigenvalue weighted by molar-refractivity contribution is -0.877. The Labute approximate surface area is 81.0 Å². The highest BCUT2D eigenvalue weighted by atomic mass is 15.7. The Morgan fingerprint density at radius 3 is 1.85 bits per heavy atom. The first-order valence-electron chi connectivity index (χ1n) is 4.53. The second kappa shape index (κ2) is 3.38. The second-order valence-electron chi connectivity index (χ2n) is 4.30. The molecule has 0 saturated carbocycles. The van der Waals surface area contributed by atoms with Crippen LogP contribution >= 0.6 is 0 Å². The van der Waals surface area contributed by atoms with E-state index < -0.39 is 0 Å². The maximum atomic E-state index is 2.22. The average Bonchev–Trinajstić information content (AvgIpc) is 2.03. The van der Waals surface area contributed by atoms with Crippen molar-refractivity contribution in [3.8, 4) is 0 Å². The summed E-state index contributed by atoms with van der Waals surface area (Å²) in [4.78, 5) is 0. The Kier molecular flexibility index (Phi) is 2.62. The molecule has 0 fully saturated rings. The van der Waals surface area contributed by atoms with Crippen molar-refractivity contribution < 1.29 is 4.59 Å². The van der Waals surface area contributed by atoms with Gasteiger partial charge in [-0.2, -0.15) is 0 Å². The zero-order valence-corrected chi connectivity index (χ0v) is 9.20. The lowest BCUT2D eigenvalue weighted by atomic mass is 10.2. The predicted octanol–water partition coefficient (Wildman–Crippen LogP) is 2.05. The van der Waals surface area contributed by atoms with Gasteiger partial charge in [-0.25, -0.2) is 9.60 Å². The van der Waals surface area contributed by atoms with Crippen LogP contribution in [-0.4, -0.2) is 32.8 Å². The minimum Gasteiger partial charge on any atom is -0.228 e. The lowest BCUT2D eigenvalue weighted by Gasteiger charge is -2.35. The van der Waals surface area contributed by atoms with Crippen molar-refractivity contribution in [3.63, 3.8) is 0 Å². The number of hydrogen-bond acceptors (Lipinski definition) is 1. The molecule has 0 aliphatic heterocycles. The maximum absolute atomic E-state index is 2.22. The van der Waals surface area contributed by atoms with Gasteiger partial charge in [0.05, 0.1) is 33.9 Å². The first-order chi connectivity index (χ1) is 5.91. The van der Waals surface area contributed by atoms with Crippen molar-refractivity contribution in [2.75, 3.05) is 33.2 Å². The number of anilines is 1. The fraction of sp³-hybridized carbons (Fsp3) is 0.455. The summed E-state index contributed by atoms with van der Waals surface area (Å²) < 4.78 is 0.809. The minimum atomic E-state index is 0.809. The van der Waals surface area contributed by atoms with E-state index in [2.05, 4.69) is 64.4 Å². The third-order valence-corrected chi connectivity index (χ3v) is 2.31. The van der Waals surface area contributed by atoms with Crippen LogP contribution in [0.2, 0.25) is 0 Å². The monoisotopic (exact) mass is 179 g/mol. The van der Waals surface area contributed by atoms with Gasteiger partial charge >= 0.3 is 0 Å². The summed E-state index contributed by atoms with van der Waals surface area (Å²) in [7, 11) is 8.56. The van der Waals surface area contributed by atoms with Crippen molar-refractivity contribution in [1.29, 1.82) is 0 Å². The molecule has 1 rings (SSSR count). The van der Waals surface area contributed by atoms with E-state index in [1.807, 2.05) is 0 Å². The molecule has 0 heterocycles. The fourth-order valence-corrected chi connectivity index (χ4v) is 1.11. The number of aryl methyl sites for hydroxylation is 1. The smallest absolute Gasteiger partial charge is 0.0904 e. The van der Waals surface area contributed by atoms with Gasteiger partial charge in [-0.1, -0.05) is 17.7 Å². The van der Waals surface area contributed by atoms with Gasteiger partial charge < -0.3 is 0 Å². The number of hydrogen-bond donors (Lipinski definition) is 0. The molecule has 0 atom stereocenters. The Morgan fingerprint density at radius 2 is 1.46 bits per heavy atom. The van der Waals surface area contributed by atoms with Crippen LogP contribution < -0.4 is 5.01 Å². The number of nitrogens with zero attached hydrogens (tertiary/aromatic N) is 2. The predicted molar refractivity (Wildman–Crippen MR) is 57.6 cm³/mol. The quantitative estimate of drug-likeness (QED) is 0.496. The van der Waals surface area contributed by atoms with E-state index in [9.17, 15) is 0 Å². The van der Waals surface area contributed by atoms with Gasteiger partial charge in [-0.05, 0) is 19.1 Å². The molecular weight excluding hydrogens is 160 g/mol. The molecule has 0 unspecified atom stereocenters. The minimum absolute atomic E-state index is 0.809. The van der Waals surface area contributed by atoms with Crippen LogP contribution in [-0.2, 0) is 0 Å². The molecule has 0 amide bonds. The van der Waals surface area contributed by atoms with Crippen LogP contribution in [0.1, 0.15) is 5.56 Å². The van der Waals surface area contributed by atoms with E-state index >= 15 is 0 Å². The first kappa shape index (κ1) is 10.1. The molecule has 0 aliphatic carbocycles. The maximum Gasteiger partial charge on any atom is 0.0904 e. The highest BCUT2D eigenvalue weighted by Gasteiger charge is 2.15. The molecule has 2 nitrogen and oxygen atoms in total. The van der Waals surface area contributed by atoms with E-state index in [1.54, 1.807) is 0 Å². The number of quaternary nitrogens is 1. The summed E-state index contributed by atoms with van der Waals surface area (Å²) in [5, 5.41) is 2.22. The number of rotatable bonds is 2. The van der Waals surface area contributed by atoms with Crippen LogP contribution in [0.25, 0.3) is 0 Å². The highest BCUT2D eigenvalue weighted by molar-refractivity contribution is 5.44. The summed E-state index contributed by atoms with van der Waals surface area (Å²) >= 11 is 0. The van der Waals surface area contributed by atoms with Crippen molar-refractivity contribution in [2.45, 2.75) is 6.92 Å². The van der Waals surface area contributed by atoms with Gasteiger partial charge in [0.2, 0.25) is 0 Å². The Bertz CT molecular complexity index is 269. The van der Waals surface area contributed by atoms with Gasteiger partial charge in [-0.15, -0.1) is 0 Å². The van der Waals surface area contributed by atoms with E-state index in [0.717, 1.165) is 4.59 Å². The molecule has 0 saturated heterocycles. The van der Waals surface area contributed by atoms with Crippen molar-refractivity contribution in [1.82, 2.24) is 0 Å². The topological polar surface area (TPSA) is 3.24 Å². The standard InChI is InChI=1S/C11H19N2/c1-10-6-8-11(9-7-10)12(2)13(3,4)5/h6-9H,1-5H3/q+1. The normalized spacial score (nSPS) is 11.5. The average molecular weight is 179 g/mol. The molecule has 0 aromatic heterocycles. The molecule has 13 heavy (non-hydrogen) atoms. The van der Waals surface area contributed by atoms with Gasteiger partial charge in [0.15, 0.2) is 0 Å². The molecule has 1 aromatic rings. The molecule has 0 radical (unpaired) electrons. The van der Waals surface area contributed by atoms with E-state index in [-0.39, 0.29) is 0 Å². The largest absolute Gasteiger partial charge is 0.228 e. The molecular formula is C11H19N2+. The SMILES string of the molecule is Cc1ccc(N(C)[N+](C)(C)C)cc1. The lowest BCUT2D eigenvalue weighted by Crippen LogP contribution is -2.49. The molecule has 1 aromatic carbocycles. The van der Waals surface area contributed by atoms with Crippen LogP contribution in [0.5, 0.6) is 0 Å². The highest BCUT2D eigenvalue weighted by Crippen LogP contribution is 2.16. The van der Waals surface area contributed by atoms with Gasteiger partial charge in [0.1, 0.15) is 0 Å². The van der Waals surface area contributed by atoms with Gasteiger partial charge in [-0.3, -0.25) is 0 Å². The van der Waals surface area contributed by atoms with Crippen LogP contribution in [0.15, 0.2) is 24.3 Å². The van der Waals surface area contributed by atoms with Crippen molar-refractivity contribution in [2.24, 2.45) is 0 Å². The van der Waals surface area contributed by atoms with E-state index in [1.165, 1.54) is 11.3 Å². The van der Waals surface area contributed by atoms with Gasteiger partial charge in [0, 0.05) is 0 Å².